The molecule has 2 heterocycles. The molecule has 0 saturated heterocycles. The molecule has 12 nitrogen and oxygen atoms in total. The quantitative estimate of drug-likeness (QED) is 0.343. The van der Waals surface area contributed by atoms with Crippen LogP contribution in [0.25, 0.3) is 16.9 Å². The Labute approximate surface area is 185 Å². The molecule has 0 amide bonds. The van der Waals surface area contributed by atoms with Gasteiger partial charge in [-0.25, -0.2) is 4.98 Å². The molecular formula is C21H17N5O7. The van der Waals surface area contributed by atoms with Crippen LogP contribution in [0, 0.1) is 44.2 Å². The minimum atomic E-state index is -1.21. The summed E-state index contributed by atoms with van der Waals surface area (Å²) in [6, 6.07) is 13.4. The van der Waals surface area contributed by atoms with E-state index in [2.05, 4.69) is 47.6 Å². The lowest BCUT2D eigenvalue weighted by Gasteiger charge is -2.03. The van der Waals surface area contributed by atoms with E-state index in [9.17, 15) is 30.3 Å². The van der Waals surface area contributed by atoms with E-state index in [1.807, 2.05) is 24.4 Å². The monoisotopic (exact) mass is 451 g/mol. The van der Waals surface area contributed by atoms with Crippen molar-refractivity contribution < 1.29 is 19.9 Å². The Morgan fingerprint density at radius 3 is 2.06 bits per heavy atom. The molecule has 4 rings (SSSR count). The van der Waals surface area contributed by atoms with Crippen LogP contribution in [0.4, 0.5) is 17.1 Å². The van der Waals surface area contributed by atoms with Gasteiger partial charge in [-0.3, -0.25) is 30.3 Å². The second kappa shape index (κ2) is 9.09. The highest BCUT2D eigenvalue weighted by molar-refractivity contribution is 5.67. The predicted octanol–water partition coefficient (Wildman–Crippen LogP) is 4.73. The summed E-state index contributed by atoms with van der Waals surface area (Å²) < 4.78 is 2.05. The smallest absolute Gasteiger partial charge is 0.324 e. The third-order valence-corrected chi connectivity index (χ3v) is 4.69. The van der Waals surface area contributed by atoms with Crippen molar-refractivity contribution in [3.05, 3.63) is 102 Å². The SMILES string of the molecule is Cc1ccc(C)c(-c2cn3ccccc3n2)c1.O=[N+]([O-])c1cc([N+](=O)[O-])c(O)c([N+](=O)[O-])c1. The maximum atomic E-state index is 10.4. The fraction of sp³-hybridized carbons (Fsp3) is 0.0952. The number of nitro groups is 3. The van der Waals surface area contributed by atoms with Gasteiger partial charge in [0.1, 0.15) is 5.65 Å². The molecule has 2 aromatic heterocycles. The summed E-state index contributed by atoms with van der Waals surface area (Å²) in [7, 11) is 0. The van der Waals surface area contributed by atoms with Gasteiger partial charge in [0.25, 0.3) is 11.4 Å². The van der Waals surface area contributed by atoms with Gasteiger partial charge >= 0.3 is 11.4 Å². The van der Waals surface area contributed by atoms with Crippen LogP contribution in [0.2, 0.25) is 0 Å². The van der Waals surface area contributed by atoms with Crippen molar-refractivity contribution in [3.8, 4) is 17.0 Å². The number of aromatic nitrogens is 2. The van der Waals surface area contributed by atoms with Gasteiger partial charge in [0.05, 0.1) is 32.6 Å². The van der Waals surface area contributed by atoms with E-state index in [1.54, 1.807) is 0 Å². The predicted molar refractivity (Wildman–Crippen MR) is 118 cm³/mol. The highest BCUT2D eigenvalue weighted by Crippen LogP contribution is 2.39. The minimum absolute atomic E-state index is 0.447. The first kappa shape index (κ1) is 22.8. The third kappa shape index (κ3) is 4.90. The van der Waals surface area contributed by atoms with E-state index >= 15 is 0 Å². The van der Waals surface area contributed by atoms with Gasteiger partial charge in [0.2, 0.25) is 0 Å². The number of aryl methyl sites for hydroxylation is 2. The highest BCUT2D eigenvalue weighted by atomic mass is 16.6. The Hall–Kier alpha value is -4.87. The average molecular weight is 451 g/mol. The maximum Gasteiger partial charge on any atom is 0.324 e. The molecule has 168 valence electrons. The van der Waals surface area contributed by atoms with E-state index in [0.29, 0.717) is 12.1 Å². The first-order valence-electron chi connectivity index (χ1n) is 9.40. The van der Waals surface area contributed by atoms with Crippen LogP contribution >= 0.6 is 0 Å². The molecule has 2 aromatic carbocycles. The first-order chi connectivity index (χ1) is 15.6. The molecule has 0 unspecified atom stereocenters. The van der Waals surface area contributed by atoms with Gasteiger partial charge in [0.15, 0.2) is 0 Å². The Morgan fingerprint density at radius 2 is 1.52 bits per heavy atom. The highest BCUT2D eigenvalue weighted by Gasteiger charge is 2.30. The number of hydrogen-bond donors (Lipinski definition) is 1. The lowest BCUT2D eigenvalue weighted by atomic mass is 10.0. The van der Waals surface area contributed by atoms with Crippen molar-refractivity contribution in [3.63, 3.8) is 0 Å². The summed E-state index contributed by atoms with van der Waals surface area (Å²) in [4.78, 5) is 32.4. The molecule has 4 aromatic rings. The van der Waals surface area contributed by atoms with Crippen molar-refractivity contribution in [2.75, 3.05) is 0 Å². The average Bonchev–Trinajstić information content (AvgIpc) is 3.19. The van der Waals surface area contributed by atoms with E-state index in [1.165, 1.54) is 16.7 Å². The fourth-order valence-corrected chi connectivity index (χ4v) is 3.05. The van der Waals surface area contributed by atoms with E-state index in [-0.39, 0.29) is 0 Å². The van der Waals surface area contributed by atoms with Gasteiger partial charge in [-0.05, 0) is 37.6 Å². The molecule has 0 aliphatic carbocycles. The van der Waals surface area contributed by atoms with Gasteiger partial charge in [-0.2, -0.15) is 0 Å². The Balaban J connectivity index is 0.000000186. The summed E-state index contributed by atoms with van der Waals surface area (Å²) in [5, 5.41) is 40.2. The molecule has 0 saturated carbocycles. The molecule has 0 radical (unpaired) electrons. The maximum absolute atomic E-state index is 10.4. The second-order valence-electron chi connectivity index (χ2n) is 7.01. The topological polar surface area (TPSA) is 167 Å². The Kier molecular flexibility index (Phi) is 6.29. The molecule has 0 spiro atoms. The molecule has 0 aliphatic rings. The number of pyridine rings is 1. The van der Waals surface area contributed by atoms with Crippen LogP contribution in [0.15, 0.2) is 60.9 Å². The normalized spacial score (nSPS) is 10.4. The second-order valence-corrected chi connectivity index (χ2v) is 7.01. The largest absolute Gasteiger partial charge is 0.497 e. The number of aromatic hydroxyl groups is 1. The number of phenolic OH excluding ortho intramolecular Hbond substituents is 1. The van der Waals surface area contributed by atoms with Gasteiger partial charge < -0.3 is 9.51 Å². The third-order valence-electron chi connectivity index (χ3n) is 4.69. The number of nitro benzene ring substituents is 3. The number of nitrogens with zero attached hydrogens (tertiary/aromatic N) is 5. The lowest BCUT2D eigenvalue weighted by molar-refractivity contribution is -0.404. The molecule has 0 atom stereocenters. The zero-order valence-electron chi connectivity index (χ0n) is 17.4. The standard InChI is InChI=1S/C15H14N2.C6H3N3O7/c1-11-6-7-12(2)13(9-11)14-10-17-8-4-3-5-15(17)16-14;10-6-4(8(13)14)1-3(7(11)12)2-5(6)9(15)16/h3-10H,1-2H3;1-2,10H. The molecular weight excluding hydrogens is 434 g/mol. The number of fused-ring (bicyclic) bond motifs is 1. The van der Waals surface area contributed by atoms with E-state index in [4.69, 9.17) is 5.11 Å². The van der Waals surface area contributed by atoms with Gasteiger partial charge in [0, 0.05) is 18.0 Å². The van der Waals surface area contributed by atoms with E-state index < -0.39 is 37.6 Å². The van der Waals surface area contributed by atoms with Gasteiger partial charge in [-0.1, -0.05) is 23.8 Å². The summed E-state index contributed by atoms with van der Waals surface area (Å²) >= 11 is 0. The number of hydrogen-bond acceptors (Lipinski definition) is 8. The fourth-order valence-electron chi connectivity index (χ4n) is 3.05. The molecule has 33 heavy (non-hydrogen) atoms. The van der Waals surface area contributed by atoms with Crippen LogP contribution in [0.5, 0.6) is 5.75 Å². The first-order valence-corrected chi connectivity index (χ1v) is 9.40. The number of non-ortho nitro benzene ring substituents is 1. The molecule has 0 fully saturated rings. The summed E-state index contributed by atoms with van der Waals surface area (Å²) in [5.74, 6) is -1.21. The number of benzene rings is 2. The summed E-state index contributed by atoms with van der Waals surface area (Å²) in [5.41, 5.74) is 2.77. The van der Waals surface area contributed by atoms with Crippen molar-refractivity contribution in [1.82, 2.24) is 9.38 Å². The summed E-state index contributed by atoms with van der Waals surface area (Å²) in [6.07, 6.45) is 4.11. The minimum Gasteiger partial charge on any atom is -0.497 e. The van der Waals surface area contributed by atoms with Gasteiger partial charge in [-0.15, -0.1) is 0 Å². The molecule has 12 heteroatoms. The Bertz CT molecular complexity index is 1330. The van der Waals surface area contributed by atoms with Crippen molar-refractivity contribution in [2.24, 2.45) is 0 Å². The van der Waals surface area contributed by atoms with Crippen LogP contribution in [0.3, 0.4) is 0 Å². The zero-order valence-corrected chi connectivity index (χ0v) is 17.4. The lowest BCUT2D eigenvalue weighted by Crippen LogP contribution is -1.97. The number of rotatable bonds is 4. The van der Waals surface area contributed by atoms with Crippen LogP contribution in [-0.4, -0.2) is 29.3 Å². The van der Waals surface area contributed by atoms with Crippen molar-refractivity contribution >= 4 is 22.7 Å². The van der Waals surface area contributed by atoms with Crippen molar-refractivity contribution in [2.45, 2.75) is 13.8 Å². The van der Waals surface area contributed by atoms with Crippen LogP contribution in [0.1, 0.15) is 11.1 Å². The zero-order chi connectivity index (χ0) is 24.3. The molecule has 0 bridgehead atoms. The summed E-state index contributed by atoms with van der Waals surface area (Å²) in [6.45, 7) is 4.23. The van der Waals surface area contributed by atoms with Crippen molar-refractivity contribution in [1.29, 1.82) is 0 Å². The molecule has 0 aliphatic heterocycles. The van der Waals surface area contributed by atoms with Crippen LogP contribution < -0.4 is 0 Å². The number of phenols is 1. The van der Waals surface area contributed by atoms with E-state index in [0.717, 1.165) is 11.3 Å². The Morgan fingerprint density at radius 1 is 0.879 bits per heavy atom. The number of imidazole rings is 1. The molecule has 1 N–H and O–H groups in total. The van der Waals surface area contributed by atoms with Crippen LogP contribution in [-0.2, 0) is 0 Å².